The van der Waals surface area contributed by atoms with Crippen molar-refractivity contribution in [3.63, 3.8) is 0 Å². The highest BCUT2D eigenvalue weighted by atomic mass is 15.1. The average Bonchev–Trinajstić information content (AvgIpc) is 2.96. The van der Waals surface area contributed by atoms with Crippen LogP contribution in [0, 0.1) is 12.3 Å². The topological polar surface area (TPSA) is 59.6 Å². The summed E-state index contributed by atoms with van der Waals surface area (Å²) in [6.45, 7) is 7.79. The number of aromatic nitrogens is 3. The third-order valence-electron chi connectivity index (χ3n) is 4.71. The van der Waals surface area contributed by atoms with Gasteiger partial charge < -0.3 is 10.3 Å². The molecule has 0 bridgehead atoms. The number of hydrogen-bond donors (Lipinski definition) is 2. The van der Waals surface area contributed by atoms with Crippen LogP contribution in [0.3, 0.4) is 0 Å². The molecule has 0 saturated carbocycles. The van der Waals surface area contributed by atoms with E-state index < -0.39 is 0 Å². The van der Waals surface area contributed by atoms with E-state index in [1.807, 2.05) is 6.20 Å². The Bertz CT molecular complexity index is 621. The number of H-pyrrole nitrogens is 1. The molecule has 0 spiro atoms. The first-order valence-electron chi connectivity index (χ1n) is 7.88. The minimum Gasteiger partial charge on any atom is -0.351 e. The number of rotatable bonds is 4. The third kappa shape index (κ3) is 2.91. The summed E-state index contributed by atoms with van der Waals surface area (Å²) in [5.41, 5.74) is 12.0. The minimum atomic E-state index is 0.195. The summed E-state index contributed by atoms with van der Waals surface area (Å²) in [5.74, 6) is 0. The first-order chi connectivity index (χ1) is 9.96. The highest BCUT2D eigenvalue weighted by Crippen LogP contribution is 2.40. The monoisotopic (exact) mass is 286 g/mol. The van der Waals surface area contributed by atoms with E-state index >= 15 is 0 Å². The van der Waals surface area contributed by atoms with Crippen molar-refractivity contribution < 1.29 is 0 Å². The molecule has 3 rings (SSSR count). The molecule has 1 aliphatic rings. The number of nitrogens with two attached hydrogens (primary N) is 1. The highest BCUT2D eigenvalue weighted by Gasteiger charge is 2.32. The highest BCUT2D eigenvalue weighted by molar-refractivity contribution is 5.30. The van der Waals surface area contributed by atoms with E-state index in [1.165, 1.54) is 22.5 Å². The molecular formula is C17H26N4. The Morgan fingerprint density at radius 1 is 1.48 bits per heavy atom. The maximum absolute atomic E-state index is 6.34. The van der Waals surface area contributed by atoms with Crippen molar-refractivity contribution >= 4 is 0 Å². The zero-order valence-corrected chi connectivity index (χ0v) is 13.3. The van der Waals surface area contributed by atoms with Crippen LogP contribution in [0.2, 0.25) is 0 Å². The lowest BCUT2D eigenvalue weighted by atomic mass is 9.74. The SMILES string of the molecule is Cc1[nH]ncc1CCCn1ccc2c1CC(C)(C)CC2N. The van der Waals surface area contributed by atoms with E-state index in [2.05, 4.69) is 47.8 Å². The van der Waals surface area contributed by atoms with Crippen LogP contribution >= 0.6 is 0 Å². The van der Waals surface area contributed by atoms with Crippen LogP contribution in [0.5, 0.6) is 0 Å². The Morgan fingerprint density at radius 2 is 2.29 bits per heavy atom. The molecule has 0 radical (unpaired) electrons. The Morgan fingerprint density at radius 3 is 3.00 bits per heavy atom. The maximum atomic E-state index is 6.34. The second-order valence-corrected chi connectivity index (χ2v) is 7.19. The predicted molar refractivity (Wildman–Crippen MR) is 85.1 cm³/mol. The Kier molecular flexibility index (Phi) is 3.66. The number of hydrogen-bond acceptors (Lipinski definition) is 2. The van der Waals surface area contributed by atoms with Gasteiger partial charge in [-0.25, -0.2) is 0 Å². The van der Waals surface area contributed by atoms with Crippen molar-refractivity contribution in [2.45, 2.75) is 59.0 Å². The zero-order valence-electron chi connectivity index (χ0n) is 13.3. The molecule has 3 N–H and O–H groups in total. The summed E-state index contributed by atoms with van der Waals surface area (Å²) in [6, 6.07) is 2.42. The fourth-order valence-electron chi connectivity index (χ4n) is 3.57. The first-order valence-corrected chi connectivity index (χ1v) is 7.88. The molecule has 114 valence electrons. The van der Waals surface area contributed by atoms with Gasteiger partial charge in [-0.2, -0.15) is 5.10 Å². The van der Waals surface area contributed by atoms with Crippen molar-refractivity contribution in [3.05, 3.63) is 41.0 Å². The van der Waals surface area contributed by atoms with E-state index in [9.17, 15) is 0 Å². The largest absolute Gasteiger partial charge is 0.351 e. The second-order valence-electron chi connectivity index (χ2n) is 7.19. The van der Waals surface area contributed by atoms with Crippen molar-refractivity contribution in [1.29, 1.82) is 0 Å². The quantitative estimate of drug-likeness (QED) is 0.907. The molecule has 2 heterocycles. The number of nitrogens with zero attached hydrogens (tertiary/aromatic N) is 2. The Labute approximate surface area is 126 Å². The summed E-state index contributed by atoms with van der Waals surface area (Å²) in [6.07, 6.45) is 8.58. The number of nitrogens with one attached hydrogen (secondary N) is 1. The molecule has 2 aromatic rings. The fraction of sp³-hybridized carbons (Fsp3) is 0.588. The number of aromatic amines is 1. The van der Waals surface area contributed by atoms with Crippen LogP contribution in [0.1, 0.15) is 55.2 Å². The van der Waals surface area contributed by atoms with Gasteiger partial charge in [0.1, 0.15) is 0 Å². The third-order valence-corrected chi connectivity index (χ3v) is 4.71. The fourth-order valence-corrected chi connectivity index (χ4v) is 3.57. The molecular weight excluding hydrogens is 260 g/mol. The molecule has 21 heavy (non-hydrogen) atoms. The molecule has 0 saturated heterocycles. The summed E-state index contributed by atoms with van der Waals surface area (Å²) in [4.78, 5) is 0. The molecule has 2 aromatic heterocycles. The second kappa shape index (κ2) is 5.34. The van der Waals surface area contributed by atoms with E-state index in [0.717, 1.165) is 32.2 Å². The van der Waals surface area contributed by atoms with Crippen molar-refractivity contribution in [3.8, 4) is 0 Å². The average molecular weight is 286 g/mol. The molecule has 0 aromatic carbocycles. The Hall–Kier alpha value is -1.55. The summed E-state index contributed by atoms with van der Waals surface area (Å²) in [7, 11) is 0. The smallest absolute Gasteiger partial charge is 0.0522 e. The van der Waals surface area contributed by atoms with Gasteiger partial charge in [0.05, 0.1) is 6.20 Å². The predicted octanol–water partition coefficient (Wildman–Crippen LogP) is 3.12. The van der Waals surface area contributed by atoms with E-state index in [1.54, 1.807) is 0 Å². The summed E-state index contributed by atoms with van der Waals surface area (Å²) >= 11 is 0. The molecule has 0 fully saturated rings. The van der Waals surface area contributed by atoms with Gasteiger partial charge in [0, 0.05) is 30.2 Å². The van der Waals surface area contributed by atoms with Gasteiger partial charge >= 0.3 is 0 Å². The molecule has 1 atom stereocenters. The van der Waals surface area contributed by atoms with Gasteiger partial charge in [-0.3, -0.25) is 5.10 Å². The first kappa shape index (κ1) is 14.4. The van der Waals surface area contributed by atoms with Crippen LogP contribution in [0.15, 0.2) is 18.5 Å². The lowest BCUT2D eigenvalue weighted by Gasteiger charge is -2.34. The van der Waals surface area contributed by atoms with Gasteiger partial charge in [-0.15, -0.1) is 0 Å². The van der Waals surface area contributed by atoms with Crippen LogP contribution in [-0.4, -0.2) is 14.8 Å². The van der Waals surface area contributed by atoms with E-state index in [0.29, 0.717) is 5.41 Å². The molecule has 1 unspecified atom stereocenters. The van der Waals surface area contributed by atoms with Gasteiger partial charge in [-0.05, 0) is 55.2 Å². The maximum Gasteiger partial charge on any atom is 0.0522 e. The van der Waals surface area contributed by atoms with E-state index in [-0.39, 0.29) is 6.04 Å². The summed E-state index contributed by atoms with van der Waals surface area (Å²) < 4.78 is 2.41. The van der Waals surface area contributed by atoms with Gasteiger partial charge in [-0.1, -0.05) is 13.8 Å². The van der Waals surface area contributed by atoms with Gasteiger partial charge in [0.25, 0.3) is 0 Å². The zero-order chi connectivity index (χ0) is 15.0. The van der Waals surface area contributed by atoms with Crippen LogP contribution in [0.25, 0.3) is 0 Å². The lowest BCUT2D eigenvalue weighted by Crippen LogP contribution is -2.30. The van der Waals surface area contributed by atoms with Gasteiger partial charge in [0.2, 0.25) is 0 Å². The van der Waals surface area contributed by atoms with Crippen molar-refractivity contribution in [2.24, 2.45) is 11.1 Å². The standard InChI is InChI=1S/C17H26N4/c1-12-13(11-19-20-12)5-4-7-21-8-6-14-15(18)9-17(2,3)10-16(14)21/h6,8,11,15H,4-5,7,9-10,18H2,1-3H3,(H,19,20). The molecule has 4 nitrogen and oxygen atoms in total. The van der Waals surface area contributed by atoms with Crippen LogP contribution in [-0.2, 0) is 19.4 Å². The van der Waals surface area contributed by atoms with Crippen molar-refractivity contribution in [2.75, 3.05) is 0 Å². The minimum absolute atomic E-state index is 0.195. The molecule has 0 aliphatic heterocycles. The van der Waals surface area contributed by atoms with E-state index in [4.69, 9.17) is 5.73 Å². The van der Waals surface area contributed by atoms with Gasteiger partial charge in [0.15, 0.2) is 0 Å². The molecule has 4 heteroatoms. The Balaban J connectivity index is 1.69. The lowest BCUT2D eigenvalue weighted by molar-refractivity contribution is 0.275. The van der Waals surface area contributed by atoms with Crippen molar-refractivity contribution in [1.82, 2.24) is 14.8 Å². The summed E-state index contributed by atoms with van der Waals surface area (Å²) in [5, 5.41) is 7.09. The number of fused-ring (bicyclic) bond motifs is 1. The van der Waals surface area contributed by atoms with Crippen LogP contribution in [0.4, 0.5) is 0 Å². The normalized spacial score (nSPS) is 20.5. The van der Waals surface area contributed by atoms with Crippen LogP contribution < -0.4 is 5.73 Å². The molecule has 1 aliphatic carbocycles. The number of aryl methyl sites for hydroxylation is 3. The molecule has 0 amide bonds.